The molecule has 0 aromatic heterocycles. The van der Waals surface area contributed by atoms with Gasteiger partial charge in [0.25, 0.3) is 0 Å². The number of aryl methyl sites for hydroxylation is 2. The van der Waals surface area contributed by atoms with Gasteiger partial charge in [0.05, 0.1) is 16.5 Å². The molecule has 7 heteroatoms. The number of amides is 1. The molecule has 1 amide bonds. The molecule has 0 bridgehead atoms. The highest BCUT2D eigenvalue weighted by atomic mass is 32.2. The number of hydrogen-bond donors (Lipinski definition) is 0. The molecule has 0 unspecified atom stereocenters. The molecule has 3 rings (SSSR count). The van der Waals surface area contributed by atoms with Gasteiger partial charge in [-0.25, -0.2) is 8.42 Å². The Bertz CT molecular complexity index is 1080. The number of benzene rings is 2. The topological polar surface area (TPSA) is 81.5 Å². The highest BCUT2D eigenvalue weighted by molar-refractivity contribution is 7.89. The van der Waals surface area contributed by atoms with E-state index in [0.717, 1.165) is 16.7 Å². The van der Waals surface area contributed by atoms with Crippen molar-refractivity contribution < 1.29 is 13.2 Å². The van der Waals surface area contributed by atoms with Gasteiger partial charge in [0, 0.05) is 32.3 Å². The summed E-state index contributed by atoms with van der Waals surface area (Å²) in [6, 6.07) is 14.4. The molecule has 29 heavy (non-hydrogen) atoms. The molecule has 1 heterocycles. The number of piperazine rings is 1. The maximum Gasteiger partial charge on any atom is 0.246 e. The van der Waals surface area contributed by atoms with Crippen molar-refractivity contribution in [1.29, 1.82) is 5.26 Å². The Morgan fingerprint density at radius 2 is 1.69 bits per heavy atom. The second kappa shape index (κ2) is 8.60. The van der Waals surface area contributed by atoms with E-state index >= 15 is 0 Å². The average molecular weight is 410 g/mol. The van der Waals surface area contributed by atoms with Gasteiger partial charge in [-0.1, -0.05) is 24.3 Å². The zero-order valence-corrected chi connectivity index (χ0v) is 17.3. The molecule has 0 atom stereocenters. The van der Waals surface area contributed by atoms with Gasteiger partial charge in [-0.3, -0.25) is 4.79 Å². The quantitative estimate of drug-likeness (QED) is 0.727. The Morgan fingerprint density at radius 1 is 1.03 bits per heavy atom. The minimum absolute atomic E-state index is 0.154. The summed E-state index contributed by atoms with van der Waals surface area (Å²) in [6.07, 6.45) is 3.18. The van der Waals surface area contributed by atoms with E-state index in [-0.39, 0.29) is 19.0 Å². The second-order valence-electron chi connectivity index (χ2n) is 7.07. The van der Waals surface area contributed by atoms with Crippen molar-refractivity contribution in [1.82, 2.24) is 9.21 Å². The number of sulfonamides is 1. The first-order valence-electron chi connectivity index (χ1n) is 9.36. The summed E-state index contributed by atoms with van der Waals surface area (Å²) >= 11 is 0. The number of carbonyl (C=O) groups excluding carboxylic acids is 1. The van der Waals surface area contributed by atoms with E-state index in [9.17, 15) is 13.2 Å². The first-order chi connectivity index (χ1) is 13.8. The highest BCUT2D eigenvalue weighted by Crippen LogP contribution is 2.22. The van der Waals surface area contributed by atoms with Gasteiger partial charge in [0.1, 0.15) is 0 Å². The minimum atomic E-state index is -3.58. The second-order valence-corrected chi connectivity index (χ2v) is 8.97. The normalized spacial score (nSPS) is 15.4. The summed E-state index contributed by atoms with van der Waals surface area (Å²) in [5.41, 5.74) is 3.01. The number of rotatable bonds is 4. The van der Waals surface area contributed by atoms with Gasteiger partial charge < -0.3 is 4.90 Å². The molecule has 150 valence electrons. The largest absolute Gasteiger partial charge is 0.337 e. The van der Waals surface area contributed by atoms with Crippen molar-refractivity contribution in [3.05, 3.63) is 70.8 Å². The van der Waals surface area contributed by atoms with Crippen LogP contribution in [0.2, 0.25) is 0 Å². The Morgan fingerprint density at radius 3 is 2.31 bits per heavy atom. The van der Waals surface area contributed by atoms with Crippen LogP contribution in [0.15, 0.2) is 53.4 Å². The standard InChI is InChI=1S/C22H23N3O3S/c1-17-3-4-18(2)21(15-17)29(27,28)25-13-11-24(12-14-25)22(26)10-9-19-5-7-20(16-23)8-6-19/h3-10,15H,11-14H2,1-2H3/b10-9+. The van der Waals surface area contributed by atoms with Crippen LogP contribution in [-0.4, -0.2) is 49.7 Å². The van der Waals surface area contributed by atoms with Crippen LogP contribution < -0.4 is 0 Å². The minimum Gasteiger partial charge on any atom is -0.337 e. The van der Waals surface area contributed by atoms with E-state index in [1.54, 1.807) is 48.2 Å². The SMILES string of the molecule is Cc1ccc(C)c(S(=O)(=O)N2CCN(C(=O)/C=C/c3ccc(C#N)cc3)CC2)c1. The molecular formula is C22H23N3O3S. The fourth-order valence-corrected chi connectivity index (χ4v) is 4.95. The molecule has 0 saturated carbocycles. The van der Waals surface area contributed by atoms with Crippen LogP contribution in [0.3, 0.4) is 0 Å². The van der Waals surface area contributed by atoms with Gasteiger partial charge in [-0.2, -0.15) is 9.57 Å². The van der Waals surface area contributed by atoms with Crippen molar-refractivity contribution >= 4 is 22.0 Å². The van der Waals surface area contributed by atoms with Crippen molar-refractivity contribution in [2.45, 2.75) is 18.7 Å². The van der Waals surface area contributed by atoms with E-state index in [1.165, 1.54) is 10.4 Å². The molecule has 2 aromatic carbocycles. The van der Waals surface area contributed by atoms with Crippen LogP contribution in [0.4, 0.5) is 0 Å². The first-order valence-corrected chi connectivity index (χ1v) is 10.8. The summed E-state index contributed by atoms with van der Waals surface area (Å²) in [5, 5.41) is 8.82. The molecule has 1 saturated heterocycles. The van der Waals surface area contributed by atoms with Crippen molar-refractivity contribution in [3.63, 3.8) is 0 Å². The van der Waals surface area contributed by atoms with E-state index in [4.69, 9.17) is 5.26 Å². The molecule has 0 radical (unpaired) electrons. The summed E-state index contributed by atoms with van der Waals surface area (Å²) < 4.78 is 27.4. The number of carbonyl (C=O) groups is 1. The third-order valence-electron chi connectivity index (χ3n) is 4.97. The van der Waals surface area contributed by atoms with Crippen molar-refractivity contribution in [2.75, 3.05) is 26.2 Å². The van der Waals surface area contributed by atoms with Crippen molar-refractivity contribution in [2.24, 2.45) is 0 Å². The van der Waals surface area contributed by atoms with Crippen LogP contribution in [0.1, 0.15) is 22.3 Å². The number of hydrogen-bond acceptors (Lipinski definition) is 4. The van der Waals surface area contributed by atoms with E-state index in [0.29, 0.717) is 23.5 Å². The van der Waals surface area contributed by atoms with E-state index in [2.05, 4.69) is 6.07 Å². The van der Waals surface area contributed by atoms with Gasteiger partial charge in [-0.05, 0) is 54.8 Å². The lowest BCUT2D eigenvalue weighted by atomic mass is 10.1. The fraction of sp³-hybridized carbons (Fsp3) is 0.273. The fourth-order valence-electron chi connectivity index (χ4n) is 3.21. The van der Waals surface area contributed by atoms with Crippen LogP contribution in [0, 0.1) is 25.2 Å². The van der Waals surface area contributed by atoms with Crippen LogP contribution in [-0.2, 0) is 14.8 Å². The summed E-state index contributed by atoms with van der Waals surface area (Å²) in [5.74, 6) is -0.154. The maximum atomic E-state index is 13.0. The third kappa shape index (κ3) is 4.73. The Hall–Kier alpha value is -2.95. The monoisotopic (exact) mass is 409 g/mol. The smallest absolute Gasteiger partial charge is 0.246 e. The van der Waals surface area contributed by atoms with Crippen LogP contribution >= 0.6 is 0 Å². The highest BCUT2D eigenvalue weighted by Gasteiger charge is 2.30. The van der Waals surface area contributed by atoms with E-state index in [1.807, 2.05) is 19.1 Å². The van der Waals surface area contributed by atoms with Gasteiger partial charge in [-0.15, -0.1) is 0 Å². The Kier molecular flexibility index (Phi) is 6.16. The lowest BCUT2D eigenvalue weighted by molar-refractivity contribution is -0.127. The first kappa shape index (κ1) is 20.8. The molecule has 1 fully saturated rings. The van der Waals surface area contributed by atoms with Crippen LogP contribution in [0.5, 0.6) is 0 Å². The van der Waals surface area contributed by atoms with Gasteiger partial charge in [0.2, 0.25) is 15.9 Å². The summed E-state index contributed by atoms with van der Waals surface area (Å²) in [6.45, 7) is 4.90. The Labute approximate surface area is 171 Å². The number of nitrogens with zero attached hydrogens (tertiary/aromatic N) is 3. The van der Waals surface area contributed by atoms with Crippen LogP contribution in [0.25, 0.3) is 6.08 Å². The third-order valence-corrected chi connectivity index (χ3v) is 7.01. The van der Waals surface area contributed by atoms with Gasteiger partial charge >= 0.3 is 0 Å². The molecule has 1 aliphatic heterocycles. The average Bonchev–Trinajstić information content (AvgIpc) is 2.74. The molecule has 0 spiro atoms. The lowest BCUT2D eigenvalue weighted by Gasteiger charge is -2.33. The van der Waals surface area contributed by atoms with Crippen molar-refractivity contribution in [3.8, 4) is 6.07 Å². The predicted octanol–water partition coefficient (Wildman–Crippen LogP) is 2.72. The molecular weight excluding hydrogens is 386 g/mol. The van der Waals surface area contributed by atoms with Gasteiger partial charge in [0.15, 0.2) is 0 Å². The predicted molar refractivity (Wildman–Crippen MR) is 111 cm³/mol. The zero-order chi connectivity index (χ0) is 21.0. The summed E-state index contributed by atoms with van der Waals surface area (Å²) in [4.78, 5) is 14.4. The molecule has 1 aliphatic rings. The molecule has 0 aliphatic carbocycles. The lowest BCUT2D eigenvalue weighted by Crippen LogP contribution is -2.50. The maximum absolute atomic E-state index is 13.0. The van der Waals surface area contributed by atoms with E-state index < -0.39 is 10.0 Å². The molecule has 0 N–H and O–H groups in total. The number of nitriles is 1. The molecule has 6 nitrogen and oxygen atoms in total. The Balaban J connectivity index is 1.63. The zero-order valence-electron chi connectivity index (χ0n) is 16.5. The molecule has 2 aromatic rings. The summed E-state index contributed by atoms with van der Waals surface area (Å²) in [7, 11) is -3.58.